The van der Waals surface area contributed by atoms with Crippen LogP contribution in [-0.2, 0) is 16.1 Å². The van der Waals surface area contributed by atoms with E-state index in [1.165, 1.54) is 18.2 Å². The number of nitrogens with one attached hydrogen (secondary N) is 1. The second-order valence-electron chi connectivity index (χ2n) is 4.70. The second-order valence-corrected chi connectivity index (χ2v) is 4.70. The molecule has 106 valence electrons. The van der Waals surface area contributed by atoms with Crippen LogP contribution in [0.15, 0.2) is 36.5 Å². The van der Waals surface area contributed by atoms with Gasteiger partial charge in [-0.2, -0.15) is 5.10 Å². The third-order valence-corrected chi connectivity index (χ3v) is 3.18. The number of anilines is 1. The normalized spacial score (nSPS) is 11.9. The summed E-state index contributed by atoms with van der Waals surface area (Å²) in [7, 11) is 1.37. The molecule has 0 aliphatic heterocycles. The molecule has 0 bridgehead atoms. The molecular weight excluding hydrogens is 254 g/mol. The Bertz CT molecular complexity index is 592. The largest absolute Gasteiger partial charge is 0.468 e. The number of hydrogen-bond donors (Lipinski definition) is 1. The Hall–Kier alpha value is -2.30. The number of methoxy groups -OCH3 is 1. The van der Waals surface area contributed by atoms with Crippen molar-refractivity contribution in [2.75, 3.05) is 12.4 Å². The molecule has 20 heavy (non-hydrogen) atoms. The van der Waals surface area contributed by atoms with Gasteiger partial charge in [0.15, 0.2) is 0 Å². The van der Waals surface area contributed by atoms with Crippen molar-refractivity contribution >= 4 is 11.8 Å². The van der Waals surface area contributed by atoms with Gasteiger partial charge in [-0.3, -0.25) is 9.48 Å². The van der Waals surface area contributed by atoms with E-state index in [2.05, 4.69) is 41.1 Å². The first kappa shape index (κ1) is 14.1. The third-order valence-electron chi connectivity index (χ3n) is 3.18. The maximum Gasteiger partial charge on any atom is 0.327 e. The molecule has 0 aliphatic rings. The molecule has 5 nitrogen and oxygen atoms in total. The van der Waals surface area contributed by atoms with Gasteiger partial charge >= 0.3 is 5.97 Å². The fourth-order valence-electron chi connectivity index (χ4n) is 2.10. The number of aryl methyl sites for hydroxylation is 1. The monoisotopic (exact) mass is 273 g/mol. The summed E-state index contributed by atoms with van der Waals surface area (Å²) < 4.78 is 6.16. The maximum atomic E-state index is 11.2. The van der Waals surface area contributed by atoms with Crippen LogP contribution in [0.5, 0.6) is 0 Å². The van der Waals surface area contributed by atoms with Gasteiger partial charge in [0, 0.05) is 12.3 Å². The Morgan fingerprint density at radius 1 is 1.40 bits per heavy atom. The topological polar surface area (TPSA) is 56.1 Å². The van der Waals surface area contributed by atoms with E-state index in [0.717, 1.165) is 5.82 Å². The van der Waals surface area contributed by atoms with Crippen LogP contribution in [0, 0.1) is 6.92 Å². The zero-order valence-electron chi connectivity index (χ0n) is 12.0. The number of carbonyl (C=O) groups excluding carboxylic acids is 1. The van der Waals surface area contributed by atoms with Crippen LogP contribution in [0.1, 0.15) is 24.1 Å². The van der Waals surface area contributed by atoms with Gasteiger partial charge in [-0.25, -0.2) is 0 Å². The van der Waals surface area contributed by atoms with Crippen molar-refractivity contribution in [3.63, 3.8) is 0 Å². The highest BCUT2D eigenvalue weighted by Crippen LogP contribution is 2.20. The van der Waals surface area contributed by atoms with Gasteiger partial charge in [0.1, 0.15) is 12.4 Å². The number of benzene rings is 1. The molecule has 1 aromatic heterocycles. The number of aromatic nitrogens is 2. The van der Waals surface area contributed by atoms with E-state index < -0.39 is 0 Å². The quantitative estimate of drug-likeness (QED) is 0.851. The zero-order chi connectivity index (χ0) is 14.5. The van der Waals surface area contributed by atoms with Gasteiger partial charge in [-0.05, 0) is 25.0 Å². The Labute approximate surface area is 118 Å². The maximum absolute atomic E-state index is 11.2. The smallest absolute Gasteiger partial charge is 0.327 e. The first-order valence-corrected chi connectivity index (χ1v) is 6.52. The van der Waals surface area contributed by atoms with Crippen LogP contribution in [0.2, 0.25) is 0 Å². The van der Waals surface area contributed by atoms with Gasteiger partial charge in [-0.1, -0.05) is 24.3 Å². The van der Waals surface area contributed by atoms with Gasteiger partial charge in [0.25, 0.3) is 0 Å². The van der Waals surface area contributed by atoms with E-state index in [0.29, 0.717) is 0 Å². The highest BCUT2D eigenvalue weighted by atomic mass is 16.5. The van der Waals surface area contributed by atoms with Crippen LogP contribution in [0.25, 0.3) is 0 Å². The van der Waals surface area contributed by atoms with Gasteiger partial charge in [0.05, 0.1) is 13.2 Å². The molecule has 2 aromatic rings. The summed E-state index contributed by atoms with van der Waals surface area (Å²) in [5, 5.41) is 7.62. The predicted octanol–water partition coefficient (Wildman–Crippen LogP) is 2.54. The number of carbonyl (C=O) groups is 1. The van der Waals surface area contributed by atoms with Crippen molar-refractivity contribution in [2.24, 2.45) is 0 Å². The summed E-state index contributed by atoms with van der Waals surface area (Å²) in [6.07, 6.45) is 1.75. The third kappa shape index (κ3) is 3.38. The molecule has 0 radical (unpaired) electrons. The molecule has 0 unspecified atom stereocenters. The number of hydrogen-bond acceptors (Lipinski definition) is 4. The summed E-state index contributed by atoms with van der Waals surface area (Å²) in [5.74, 6) is 0.427. The van der Waals surface area contributed by atoms with Crippen molar-refractivity contribution in [1.29, 1.82) is 0 Å². The zero-order valence-corrected chi connectivity index (χ0v) is 12.0. The summed E-state index contributed by atoms with van der Waals surface area (Å²) in [6.45, 7) is 4.29. The Kier molecular flexibility index (Phi) is 4.40. The Balaban J connectivity index is 2.03. The average molecular weight is 273 g/mol. The van der Waals surface area contributed by atoms with Crippen LogP contribution < -0.4 is 5.32 Å². The summed E-state index contributed by atoms with van der Waals surface area (Å²) in [5.41, 5.74) is 2.47. The molecule has 2 rings (SSSR count). The van der Waals surface area contributed by atoms with Crippen molar-refractivity contribution in [1.82, 2.24) is 9.78 Å². The summed E-state index contributed by atoms with van der Waals surface area (Å²) in [6, 6.07) is 10.2. The summed E-state index contributed by atoms with van der Waals surface area (Å²) >= 11 is 0. The van der Waals surface area contributed by atoms with Crippen LogP contribution in [0.3, 0.4) is 0 Å². The van der Waals surface area contributed by atoms with Crippen LogP contribution in [0.4, 0.5) is 5.82 Å². The molecule has 0 amide bonds. The molecule has 0 fully saturated rings. The minimum Gasteiger partial charge on any atom is -0.468 e. The van der Waals surface area contributed by atoms with Crippen molar-refractivity contribution in [3.05, 3.63) is 47.7 Å². The summed E-state index contributed by atoms with van der Waals surface area (Å²) in [4.78, 5) is 11.2. The van der Waals surface area contributed by atoms with E-state index in [1.54, 1.807) is 10.9 Å². The lowest BCUT2D eigenvalue weighted by Gasteiger charge is -2.15. The molecule has 0 spiro atoms. The van der Waals surface area contributed by atoms with Crippen LogP contribution >= 0.6 is 0 Å². The van der Waals surface area contributed by atoms with Crippen molar-refractivity contribution in [3.8, 4) is 0 Å². The molecule has 1 heterocycles. The van der Waals surface area contributed by atoms with E-state index in [9.17, 15) is 4.79 Å². The second kappa shape index (κ2) is 6.23. The molecule has 1 aromatic carbocycles. The SMILES string of the molecule is COC(=O)Cn1ccc(N[C@@H](C)c2ccccc2C)n1. The van der Waals surface area contributed by atoms with Gasteiger partial charge in [-0.15, -0.1) is 0 Å². The number of ether oxygens (including phenoxy) is 1. The van der Waals surface area contributed by atoms with Crippen molar-refractivity contribution in [2.45, 2.75) is 26.4 Å². The van der Waals surface area contributed by atoms with Gasteiger partial charge in [0.2, 0.25) is 0 Å². The van der Waals surface area contributed by atoms with E-state index >= 15 is 0 Å². The van der Waals surface area contributed by atoms with Crippen molar-refractivity contribution < 1.29 is 9.53 Å². The highest BCUT2D eigenvalue weighted by Gasteiger charge is 2.10. The van der Waals surface area contributed by atoms with Gasteiger partial charge < -0.3 is 10.1 Å². The molecule has 0 saturated carbocycles. The lowest BCUT2D eigenvalue weighted by Crippen LogP contribution is -2.13. The van der Waals surface area contributed by atoms with E-state index in [-0.39, 0.29) is 18.6 Å². The fraction of sp³-hybridized carbons (Fsp3) is 0.333. The number of rotatable bonds is 5. The average Bonchev–Trinajstić information content (AvgIpc) is 2.86. The van der Waals surface area contributed by atoms with Crippen LogP contribution in [-0.4, -0.2) is 22.9 Å². The standard InChI is InChI=1S/C15H19N3O2/c1-11-6-4-5-7-13(11)12(2)16-14-8-9-18(17-14)10-15(19)20-3/h4-9,12H,10H2,1-3H3,(H,16,17)/t12-/m0/s1. The Morgan fingerprint density at radius 3 is 2.85 bits per heavy atom. The molecule has 1 N–H and O–H groups in total. The molecular formula is C15H19N3O2. The lowest BCUT2D eigenvalue weighted by atomic mass is 10.0. The Morgan fingerprint density at radius 2 is 2.15 bits per heavy atom. The lowest BCUT2D eigenvalue weighted by molar-refractivity contribution is -0.141. The predicted molar refractivity (Wildman–Crippen MR) is 77.5 cm³/mol. The molecule has 0 saturated heterocycles. The minimum absolute atomic E-state index is 0.122. The fourth-order valence-corrected chi connectivity index (χ4v) is 2.10. The minimum atomic E-state index is -0.313. The number of nitrogens with zero attached hydrogens (tertiary/aromatic N) is 2. The first-order chi connectivity index (χ1) is 9.60. The number of esters is 1. The first-order valence-electron chi connectivity index (χ1n) is 6.52. The van der Waals surface area contributed by atoms with E-state index in [1.807, 2.05) is 18.2 Å². The molecule has 1 atom stereocenters. The van der Waals surface area contributed by atoms with E-state index in [4.69, 9.17) is 0 Å². The molecule has 5 heteroatoms. The molecule has 0 aliphatic carbocycles. The highest BCUT2D eigenvalue weighted by molar-refractivity contribution is 5.68.